The molecule has 3 nitrogen and oxygen atoms in total. The van der Waals surface area contributed by atoms with Crippen molar-refractivity contribution in [2.24, 2.45) is 5.73 Å². The number of thioether (sulfide) groups is 1. The summed E-state index contributed by atoms with van der Waals surface area (Å²) in [4.78, 5) is 1.13. The summed E-state index contributed by atoms with van der Waals surface area (Å²) in [7, 11) is 0. The molecule has 0 unspecified atom stereocenters. The number of hydrogen-bond acceptors (Lipinski definition) is 6. The van der Waals surface area contributed by atoms with Crippen LogP contribution in [0, 0.1) is 0 Å². The van der Waals surface area contributed by atoms with Gasteiger partial charge in [-0.3, -0.25) is 0 Å². The van der Waals surface area contributed by atoms with Gasteiger partial charge in [-0.25, -0.2) is 0 Å². The summed E-state index contributed by atoms with van der Waals surface area (Å²) in [6.07, 6.45) is 2.00. The van der Waals surface area contributed by atoms with Gasteiger partial charge in [0.05, 0.1) is 0 Å². The second-order valence-corrected chi connectivity index (χ2v) is 7.82. The number of rotatable bonds is 4. The van der Waals surface area contributed by atoms with E-state index in [-0.39, 0.29) is 6.04 Å². The number of benzene rings is 1. The van der Waals surface area contributed by atoms with Gasteiger partial charge in [-0.1, -0.05) is 56.9 Å². The second-order valence-electron chi connectivity index (χ2n) is 3.61. The van der Waals surface area contributed by atoms with Gasteiger partial charge in [0.25, 0.3) is 0 Å². The third-order valence-corrected chi connectivity index (χ3v) is 5.86. The fourth-order valence-corrected chi connectivity index (χ4v) is 4.71. The minimum absolute atomic E-state index is 0.0306. The molecular weight excluding hydrogens is 350 g/mol. The highest BCUT2D eigenvalue weighted by Crippen LogP contribution is 2.35. The fraction of sp³-hybridized carbons (Fsp3) is 0.273. The van der Waals surface area contributed by atoms with E-state index >= 15 is 0 Å². The van der Waals surface area contributed by atoms with Gasteiger partial charge in [-0.05, 0) is 30.9 Å². The molecule has 1 aromatic carbocycles. The molecule has 0 aliphatic rings. The van der Waals surface area contributed by atoms with Crippen molar-refractivity contribution in [1.29, 1.82) is 0 Å². The summed E-state index contributed by atoms with van der Waals surface area (Å²) >= 11 is 8.39. The van der Waals surface area contributed by atoms with Crippen LogP contribution in [0.25, 0.3) is 0 Å². The minimum atomic E-state index is 0.0306. The van der Waals surface area contributed by atoms with Crippen LogP contribution in [0.3, 0.4) is 0 Å². The third-order valence-electron chi connectivity index (χ3n) is 2.23. The number of halogens is 1. The van der Waals surface area contributed by atoms with Gasteiger partial charge < -0.3 is 5.73 Å². The maximum atomic E-state index is 5.88. The van der Waals surface area contributed by atoms with Gasteiger partial charge >= 0.3 is 0 Å². The Morgan fingerprint density at radius 3 is 2.61 bits per heavy atom. The first-order valence-electron chi connectivity index (χ1n) is 5.20. The average molecular weight is 362 g/mol. The van der Waals surface area contributed by atoms with Gasteiger partial charge in [0.15, 0.2) is 8.68 Å². The van der Waals surface area contributed by atoms with E-state index in [1.54, 1.807) is 34.9 Å². The molecule has 96 valence electrons. The molecule has 0 saturated carbocycles. The Balaban J connectivity index is 2.17. The van der Waals surface area contributed by atoms with Crippen molar-refractivity contribution in [3.05, 3.63) is 28.2 Å². The maximum Gasteiger partial charge on any atom is 0.179 e. The molecule has 2 aromatic rings. The monoisotopic (exact) mass is 361 g/mol. The summed E-state index contributed by atoms with van der Waals surface area (Å²) < 4.78 is 2.99. The fourth-order valence-electron chi connectivity index (χ4n) is 1.36. The lowest BCUT2D eigenvalue weighted by molar-refractivity contribution is 0.811. The third kappa shape index (κ3) is 3.48. The van der Waals surface area contributed by atoms with Gasteiger partial charge in [0, 0.05) is 15.4 Å². The van der Waals surface area contributed by atoms with Crippen molar-refractivity contribution in [2.45, 2.75) is 26.5 Å². The predicted octanol–water partition coefficient (Wildman–Crippen LogP) is 4.19. The molecule has 0 aliphatic heterocycles. The SMILES string of the molecule is CSc1nnc(Sc2ccc([C@@H](C)N)c(Br)c2)s1. The Labute approximate surface area is 127 Å². The highest BCUT2D eigenvalue weighted by atomic mass is 79.9. The number of hydrogen-bond donors (Lipinski definition) is 1. The van der Waals surface area contributed by atoms with Crippen LogP contribution < -0.4 is 5.73 Å². The number of nitrogens with zero attached hydrogens (tertiary/aromatic N) is 2. The molecule has 1 aromatic heterocycles. The molecule has 2 rings (SSSR count). The summed E-state index contributed by atoms with van der Waals surface area (Å²) in [6, 6.07) is 6.22. The van der Waals surface area contributed by atoms with Gasteiger partial charge in [-0.15, -0.1) is 10.2 Å². The molecule has 0 aliphatic carbocycles. The normalized spacial score (nSPS) is 12.7. The highest BCUT2D eigenvalue weighted by Gasteiger charge is 2.09. The molecule has 2 N–H and O–H groups in total. The van der Waals surface area contributed by atoms with E-state index in [0.29, 0.717) is 0 Å². The van der Waals surface area contributed by atoms with Gasteiger partial charge in [0.1, 0.15) is 0 Å². The van der Waals surface area contributed by atoms with Crippen molar-refractivity contribution in [3.8, 4) is 0 Å². The zero-order chi connectivity index (χ0) is 13.1. The number of aromatic nitrogens is 2. The van der Waals surface area contributed by atoms with E-state index in [1.807, 2.05) is 19.2 Å². The van der Waals surface area contributed by atoms with Crippen LogP contribution in [0.2, 0.25) is 0 Å². The lowest BCUT2D eigenvalue weighted by Gasteiger charge is -2.09. The standard InChI is InChI=1S/C11H12BrN3S3/c1-6(13)8-4-3-7(5-9(8)12)17-11-15-14-10(16-2)18-11/h3-6H,13H2,1-2H3/t6-/m1/s1. The quantitative estimate of drug-likeness (QED) is 0.827. The van der Waals surface area contributed by atoms with Crippen LogP contribution in [0.15, 0.2) is 36.2 Å². The highest BCUT2D eigenvalue weighted by molar-refractivity contribution is 9.10. The Kier molecular flexibility index (Phi) is 5.08. The molecule has 1 atom stereocenters. The Morgan fingerprint density at radius 1 is 1.33 bits per heavy atom. The van der Waals surface area contributed by atoms with E-state index in [9.17, 15) is 0 Å². The molecule has 0 radical (unpaired) electrons. The molecule has 0 bridgehead atoms. The van der Waals surface area contributed by atoms with E-state index in [0.717, 1.165) is 23.6 Å². The molecule has 0 saturated heterocycles. The Morgan fingerprint density at radius 2 is 2.06 bits per heavy atom. The van der Waals surface area contributed by atoms with E-state index in [1.165, 1.54) is 0 Å². The second kappa shape index (κ2) is 6.38. The van der Waals surface area contributed by atoms with E-state index in [4.69, 9.17) is 5.73 Å². The van der Waals surface area contributed by atoms with Crippen molar-refractivity contribution < 1.29 is 0 Å². The molecular formula is C11H12BrN3S3. The zero-order valence-corrected chi connectivity index (χ0v) is 13.9. The van der Waals surface area contributed by atoms with E-state index in [2.05, 4.69) is 38.3 Å². The molecule has 7 heteroatoms. The van der Waals surface area contributed by atoms with Crippen LogP contribution in [-0.4, -0.2) is 16.5 Å². The first-order valence-corrected chi connectivity index (χ1v) is 8.85. The van der Waals surface area contributed by atoms with Crippen LogP contribution in [0.1, 0.15) is 18.5 Å². The predicted molar refractivity (Wildman–Crippen MR) is 82.6 cm³/mol. The van der Waals surface area contributed by atoms with Crippen LogP contribution in [0.5, 0.6) is 0 Å². The summed E-state index contributed by atoms with van der Waals surface area (Å²) in [5.41, 5.74) is 6.99. The summed E-state index contributed by atoms with van der Waals surface area (Å²) in [5.74, 6) is 0. The van der Waals surface area contributed by atoms with Crippen LogP contribution in [-0.2, 0) is 0 Å². The van der Waals surface area contributed by atoms with Gasteiger partial charge in [-0.2, -0.15) is 0 Å². The van der Waals surface area contributed by atoms with Crippen molar-refractivity contribution in [2.75, 3.05) is 6.26 Å². The average Bonchev–Trinajstić information content (AvgIpc) is 2.76. The first-order chi connectivity index (χ1) is 8.60. The molecule has 0 amide bonds. The zero-order valence-electron chi connectivity index (χ0n) is 9.88. The smallest absolute Gasteiger partial charge is 0.179 e. The summed E-state index contributed by atoms with van der Waals surface area (Å²) in [5, 5.41) is 8.22. The molecule has 0 fully saturated rings. The van der Waals surface area contributed by atoms with Crippen molar-refractivity contribution in [3.63, 3.8) is 0 Å². The minimum Gasteiger partial charge on any atom is -0.324 e. The molecule has 0 spiro atoms. The molecule has 1 heterocycles. The summed E-state index contributed by atoms with van der Waals surface area (Å²) in [6.45, 7) is 1.97. The van der Waals surface area contributed by atoms with Crippen LogP contribution >= 0.6 is 50.8 Å². The Bertz CT molecular complexity index is 542. The topological polar surface area (TPSA) is 51.8 Å². The maximum absolute atomic E-state index is 5.88. The van der Waals surface area contributed by atoms with Crippen LogP contribution in [0.4, 0.5) is 0 Å². The largest absolute Gasteiger partial charge is 0.324 e. The van der Waals surface area contributed by atoms with Crippen molar-refractivity contribution in [1.82, 2.24) is 10.2 Å². The molecule has 18 heavy (non-hydrogen) atoms. The Hall–Kier alpha value is -0.0800. The number of nitrogens with two attached hydrogens (primary N) is 1. The lowest BCUT2D eigenvalue weighted by atomic mass is 10.1. The van der Waals surface area contributed by atoms with E-state index < -0.39 is 0 Å². The first kappa shape index (κ1) is 14.3. The van der Waals surface area contributed by atoms with Gasteiger partial charge in [0.2, 0.25) is 0 Å². The van der Waals surface area contributed by atoms with Crippen molar-refractivity contribution >= 4 is 50.8 Å². The lowest BCUT2D eigenvalue weighted by Crippen LogP contribution is -2.05.